The highest BCUT2D eigenvalue weighted by molar-refractivity contribution is 5.92. The number of fused-ring (bicyclic) bond motifs is 2. The van der Waals surface area contributed by atoms with Gasteiger partial charge in [0.1, 0.15) is 12.1 Å². The van der Waals surface area contributed by atoms with Gasteiger partial charge in [0, 0.05) is 37.6 Å². The van der Waals surface area contributed by atoms with Crippen LogP contribution >= 0.6 is 0 Å². The Morgan fingerprint density at radius 1 is 0.972 bits per heavy atom. The number of rotatable bonds is 6. The van der Waals surface area contributed by atoms with Gasteiger partial charge in [0.25, 0.3) is 5.56 Å². The summed E-state index contributed by atoms with van der Waals surface area (Å²) in [6.45, 7) is 3.44. The number of hydrogen-bond acceptors (Lipinski definition) is 7. The molecule has 9 nitrogen and oxygen atoms in total. The van der Waals surface area contributed by atoms with Crippen molar-refractivity contribution in [2.75, 3.05) is 32.2 Å². The Hall–Kier alpha value is -3.88. The second-order valence-corrected chi connectivity index (χ2v) is 9.26. The molecule has 9 heteroatoms. The zero-order chi connectivity index (χ0) is 25.4. The summed E-state index contributed by atoms with van der Waals surface area (Å²) in [6.07, 6.45) is 4.77. The predicted octanol–water partition coefficient (Wildman–Crippen LogP) is 3.45. The molecule has 1 fully saturated rings. The fraction of sp³-hybridized carbons (Fsp3) is 0.407. The zero-order valence-electron chi connectivity index (χ0n) is 21.2. The first-order chi connectivity index (χ1) is 17.5. The fourth-order valence-corrected chi connectivity index (χ4v) is 5.25. The quantitative estimate of drug-likeness (QED) is 0.410. The molecule has 3 heterocycles. The molecule has 5 rings (SSSR count). The van der Waals surface area contributed by atoms with E-state index < -0.39 is 0 Å². The van der Waals surface area contributed by atoms with E-state index in [2.05, 4.69) is 21.8 Å². The maximum absolute atomic E-state index is 13.5. The minimum atomic E-state index is -0.265. The van der Waals surface area contributed by atoms with Gasteiger partial charge in [-0.2, -0.15) is 0 Å². The number of benzene rings is 2. The largest absolute Gasteiger partial charge is 0.493 e. The van der Waals surface area contributed by atoms with Crippen LogP contribution in [0.25, 0.3) is 21.8 Å². The van der Waals surface area contributed by atoms with Gasteiger partial charge in [-0.15, -0.1) is 0 Å². The molecule has 1 aliphatic heterocycles. The SMILES string of the molecule is CCCc1ccc2c(c1)c(=O)n(C1CCN(c3ncnc4cc(OC)c(OC)cc34)CC1)c(=O)n2C. The van der Waals surface area contributed by atoms with Crippen LogP contribution in [0.5, 0.6) is 11.5 Å². The summed E-state index contributed by atoms with van der Waals surface area (Å²) in [5.74, 6) is 2.04. The first-order valence-corrected chi connectivity index (χ1v) is 12.3. The van der Waals surface area contributed by atoms with E-state index in [9.17, 15) is 9.59 Å². The molecular weight excluding hydrogens is 458 g/mol. The van der Waals surface area contributed by atoms with Crippen LogP contribution in [0.3, 0.4) is 0 Å². The number of anilines is 1. The van der Waals surface area contributed by atoms with Gasteiger partial charge >= 0.3 is 5.69 Å². The molecule has 2 aromatic carbocycles. The van der Waals surface area contributed by atoms with Gasteiger partial charge in [-0.3, -0.25) is 13.9 Å². The molecule has 36 heavy (non-hydrogen) atoms. The number of hydrogen-bond donors (Lipinski definition) is 0. The van der Waals surface area contributed by atoms with Crippen LogP contribution in [0, 0.1) is 0 Å². The normalized spacial score (nSPS) is 14.5. The number of methoxy groups -OCH3 is 2. The van der Waals surface area contributed by atoms with E-state index in [1.165, 1.54) is 4.57 Å². The standard InChI is InChI=1S/C27H31N5O4/c1-5-6-17-7-8-22-20(13-17)26(33)32(27(34)30(22)2)18-9-11-31(12-10-18)25-19-14-23(35-3)24(36-4)15-21(19)28-16-29-25/h7-8,13-16,18H,5-6,9-12H2,1-4H3. The maximum atomic E-state index is 13.5. The summed E-state index contributed by atoms with van der Waals surface area (Å²) < 4.78 is 14.0. The lowest BCUT2D eigenvalue weighted by Crippen LogP contribution is -2.45. The van der Waals surface area contributed by atoms with Crippen molar-refractivity contribution >= 4 is 27.6 Å². The lowest BCUT2D eigenvalue weighted by Gasteiger charge is -2.34. The fourth-order valence-electron chi connectivity index (χ4n) is 5.25. The number of aryl methyl sites for hydroxylation is 2. The Balaban J connectivity index is 1.47. The molecule has 0 spiro atoms. The predicted molar refractivity (Wildman–Crippen MR) is 141 cm³/mol. The van der Waals surface area contributed by atoms with Gasteiger partial charge in [-0.05, 0) is 43.0 Å². The first-order valence-electron chi connectivity index (χ1n) is 12.3. The van der Waals surface area contributed by atoms with E-state index in [-0.39, 0.29) is 17.3 Å². The van der Waals surface area contributed by atoms with Crippen molar-refractivity contribution < 1.29 is 9.47 Å². The summed E-state index contributed by atoms with van der Waals surface area (Å²) in [5, 5.41) is 1.48. The average Bonchev–Trinajstić information content (AvgIpc) is 2.91. The molecule has 0 radical (unpaired) electrons. The van der Waals surface area contributed by atoms with Gasteiger partial charge in [-0.25, -0.2) is 14.8 Å². The summed E-state index contributed by atoms with van der Waals surface area (Å²) in [6, 6.07) is 9.41. The molecule has 0 atom stereocenters. The highest BCUT2D eigenvalue weighted by Gasteiger charge is 2.26. The van der Waals surface area contributed by atoms with E-state index in [1.54, 1.807) is 32.2 Å². The minimum absolute atomic E-state index is 0.172. The Labute approximate surface area is 208 Å². The van der Waals surface area contributed by atoms with E-state index in [0.29, 0.717) is 48.3 Å². The van der Waals surface area contributed by atoms with E-state index in [0.717, 1.165) is 35.1 Å². The molecule has 0 N–H and O–H groups in total. The van der Waals surface area contributed by atoms with Gasteiger partial charge in [0.2, 0.25) is 0 Å². The van der Waals surface area contributed by atoms with Crippen LogP contribution < -0.4 is 25.6 Å². The average molecular weight is 490 g/mol. The molecule has 1 aliphatic rings. The number of nitrogens with zero attached hydrogens (tertiary/aromatic N) is 5. The summed E-state index contributed by atoms with van der Waals surface area (Å²) in [4.78, 5) is 37.9. The number of aromatic nitrogens is 4. The third kappa shape index (κ3) is 3.98. The molecule has 0 amide bonds. The third-order valence-electron chi connectivity index (χ3n) is 7.15. The number of ether oxygens (including phenoxy) is 2. The monoisotopic (exact) mass is 489 g/mol. The second-order valence-electron chi connectivity index (χ2n) is 9.26. The summed E-state index contributed by atoms with van der Waals surface area (Å²) >= 11 is 0. The third-order valence-corrected chi connectivity index (χ3v) is 7.15. The van der Waals surface area contributed by atoms with Crippen LogP contribution in [-0.4, -0.2) is 46.4 Å². The Bertz CT molecular complexity index is 1550. The zero-order valence-corrected chi connectivity index (χ0v) is 21.2. The van der Waals surface area contributed by atoms with Gasteiger partial charge in [0.15, 0.2) is 11.5 Å². The second kappa shape index (κ2) is 9.64. The van der Waals surface area contributed by atoms with E-state index in [1.807, 2.05) is 30.3 Å². The van der Waals surface area contributed by atoms with Crippen molar-refractivity contribution in [2.24, 2.45) is 7.05 Å². The molecule has 1 saturated heterocycles. The topological polar surface area (TPSA) is 91.5 Å². The van der Waals surface area contributed by atoms with Crippen LogP contribution in [0.4, 0.5) is 5.82 Å². The molecule has 0 bridgehead atoms. The molecule has 0 unspecified atom stereocenters. The highest BCUT2D eigenvalue weighted by atomic mass is 16.5. The minimum Gasteiger partial charge on any atom is -0.493 e. The maximum Gasteiger partial charge on any atom is 0.331 e. The molecular formula is C27H31N5O4. The highest BCUT2D eigenvalue weighted by Crippen LogP contribution is 2.36. The van der Waals surface area contributed by atoms with Crippen molar-refractivity contribution in [3.63, 3.8) is 0 Å². The van der Waals surface area contributed by atoms with Gasteiger partial charge in [0.05, 0.1) is 30.6 Å². The molecule has 188 valence electrons. The van der Waals surface area contributed by atoms with Gasteiger partial charge < -0.3 is 14.4 Å². The smallest absolute Gasteiger partial charge is 0.331 e. The van der Waals surface area contributed by atoms with Crippen LogP contribution in [-0.2, 0) is 13.5 Å². The lowest BCUT2D eigenvalue weighted by molar-refractivity contribution is 0.355. The van der Waals surface area contributed by atoms with Gasteiger partial charge in [-0.1, -0.05) is 19.4 Å². The van der Waals surface area contributed by atoms with Crippen molar-refractivity contribution in [2.45, 2.75) is 38.6 Å². The van der Waals surface area contributed by atoms with E-state index in [4.69, 9.17) is 9.47 Å². The Morgan fingerprint density at radius 2 is 1.69 bits per heavy atom. The van der Waals surface area contributed by atoms with Crippen LogP contribution in [0.1, 0.15) is 37.8 Å². The van der Waals surface area contributed by atoms with Crippen molar-refractivity contribution in [1.82, 2.24) is 19.1 Å². The van der Waals surface area contributed by atoms with Crippen LogP contribution in [0.15, 0.2) is 46.2 Å². The lowest BCUT2D eigenvalue weighted by atomic mass is 10.0. The molecule has 0 aliphatic carbocycles. The first kappa shape index (κ1) is 23.8. The van der Waals surface area contributed by atoms with Crippen molar-refractivity contribution in [1.29, 1.82) is 0 Å². The Morgan fingerprint density at radius 3 is 2.39 bits per heavy atom. The molecule has 2 aromatic heterocycles. The Kier molecular flexibility index (Phi) is 6.38. The van der Waals surface area contributed by atoms with Crippen LogP contribution in [0.2, 0.25) is 0 Å². The van der Waals surface area contributed by atoms with Crippen molar-refractivity contribution in [3.8, 4) is 11.5 Å². The summed E-state index contributed by atoms with van der Waals surface area (Å²) in [5.41, 5.74) is 2.09. The van der Waals surface area contributed by atoms with E-state index >= 15 is 0 Å². The molecule has 4 aromatic rings. The molecule has 0 saturated carbocycles. The van der Waals surface area contributed by atoms with Crippen molar-refractivity contribution in [3.05, 3.63) is 63.1 Å². The number of piperidine rings is 1. The summed E-state index contributed by atoms with van der Waals surface area (Å²) in [7, 11) is 4.94.